The topological polar surface area (TPSA) is 58.6 Å². The number of amides is 1. The van der Waals surface area contributed by atoms with E-state index in [1.165, 1.54) is 11.3 Å². The summed E-state index contributed by atoms with van der Waals surface area (Å²) < 4.78 is 6.89. The van der Waals surface area contributed by atoms with E-state index in [0.717, 1.165) is 15.0 Å². The number of fused-ring (bicyclic) bond motifs is 1. The van der Waals surface area contributed by atoms with E-state index >= 15 is 0 Å². The molecule has 0 saturated heterocycles. The zero-order valence-corrected chi connectivity index (χ0v) is 17.0. The molecule has 0 radical (unpaired) electrons. The Morgan fingerprint density at radius 3 is 2.48 bits per heavy atom. The van der Waals surface area contributed by atoms with Crippen molar-refractivity contribution >= 4 is 38.9 Å². The van der Waals surface area contributed by atoms with Crippen LogP contribution in [0.5, 0.6) is 5.75 Å². The predicted molar refractivity (Wildman–Crippen MR) is 111 cm³/mol. The minimum atomic E-state index is -1.17. The van der Waals surface area contributed by atoms with Crippen LogP contribution in [0.25, 0.3) is 10.1 Å². The first kappa shape index (κ1) is 19.7. The van der Waals surface area contributed by atoms with Gasteiger partial charge < -0.3 is 15.2 Å². The van der Waals surface area contributed by atoms with E-state index in [1.807, 2.05) is 30.3 Å². The zero-order valence-electron chi connectivity index (χ0n) is 15.5. The summed E-state index contributed by atoms with van der Waals surface area (Å²) in [5.41, 5.74) is -2.26. The number of thiophene rings is 1. The van der Waals surface area contributed by atoms with Crippen LogP contribution in [0.4, 0.5) is 0 Å². The van der Waals surface area contributed by atoms with E-state index < -0.39 is 11.2 Å². The van der Waals surface area contributed by atoms with Crippen molar-refractivity contribution in [1.29, 1.82) is 0 Å². The van der Waals surface area contributed by atoms with Crippen LogP contribution in [-0.2, 0) is 10.4 Å². The van der Waals surface area contributed by atoms with E-state index in [1.54, 1.807) is 45.0 Å². The second-order valence-electron chi connectivity index (χ2n) is 7.17. The first-order valence-corrected chi connectivity index (χ1v) is 9.81. The third kappa shape index (κ3) is 4.61. The van der Waals surface area contributed by atoms with Crippen LogP contribution in [0.2, 0.25) is 5.02 Å². The number of aliphatic hydroxyl groups is 1. The van der Waals surface area contributed by atoms with Crippen molar-refractivity contribution in [3.8, 4) is 5.75 Å². The molecule has 1 aromatic heterocycles. The normalized spacial score (nSPS) is 14.0. The number of carbonyl (C=O) groups excluding carboxylic acids is 1. The molecule has 2 N–H and O–H groups in total. The van der Waals surface area contributed by atoms with Crippen LogP contribution in [0.1, 0.15) is 25.6 Å². The van der Waals surface area contributed by atoms with E-state index in [4.69, 9.17) is 16.3 Å². The minimum Gasteiger partial charge on any atom is -0.478 e. The number of hydrogen-bond donors (Lipinski definition) is 2. The molecule has 3 rings (SSSR count). The summed E-state index contributed by atoms with van der Waals surface area (Å²) in [6.45, 7) is 5.16. The van der Waals surface area contributed by atoms with Crippen molar-refractivity contribution in [3.63, 3.8) is 0 Å². The van der Waals surface area contributed by atoms with Gasteiger partial charge in [0.15, 0.2) is 5.60 Å². The highest BCUT2D eigenvalue weighted by atomic mass is 35.5. The molecule has 0 bridgehead atoms. The van der Waals surface area contributed by atoms with Crippen LogP contribution in [-0.4, -0.2) is 23.2 Å². The number of carbonyl (C=O) groups is 1. The molecular weight excluding hydrogens is 382 g/mol. The highest BCUT2D eigenvalue weighted by Gasteiger charge is 2.33. The monoisotopic (exact) mass is 403 g/mol. The summed E-state index contributed by atoms with van der Waals surface area (Å²) in [6, 6.07) is 16.8. The lowest BCUT2D eigenvalue weighted by molar-refractivity contribution is -0.135. The second-order valence-corrected chi connectivity index (χ2v) is 8.69. The van der Waals surface area contributed by atoms with Gasteiger partial charge in [0.05, 0.1) is 6.54 Å². The molecule has 0 spiro atoms. The quantitative estimate of drug-likeness (QED) is 0.625. The number of hydrogen-bond acceptors (Lipinski definition) is 4. The summed E-state index contributed by atoms with van der Waals surface area (Å²) in [6.07, 6.45) is 0. The maximum Gasteiger partial charge on any atom is 0.263 e. The summed E-state index contributed by atoms with van der Waals surface area (Å²) >= 11 is 7.39. The van der Waals surface area contributed by atoms with Crippen molar-refractivity contribution in [3.05, 3.63) is 64.5 Å². The largest absolute Gasteiger partial charge is 0.478 e. The Morgan fingerprint density at radius 2 is 1.81 bits per heavy atom. The Balaban J connectivity index is 1.66. The van der Waals surface area contributed by atoms with Gasteiger partial charge >= 0.3 is 0 Å². The molecule has 1 atom stereocenters. The van der Waals surface area contributed by atoms with Crippen molar-refractivity contribution < 1.29 is 14.6 Å². The molecule has 0 aliphatic heterocycles. The predicted octanol–water partition coefficient (Wildman–Crippen LogP) is 4.74. The average molecular weight is 404 g/mol. The van der Waals surface area contributed by atoms with E-state index in [2.05, 4.69) is 5.32 Å². The third-order valence-electron chi connectivity index (χ3n) is 4.28. The molecule has 6 heteroatoms. The van der Waals surface area contributed by atoms with E-state index in [-0.39, 0.29) is 12.5 Å². The highest BCUT2D eigenvalue weighted by molar-refractivity contribution is 7.19. The maximum atomic E-state index is 12.6. The molecule has 3 aromatic rings. The third-order valence-corrected chi connectivity index (χ3v) is 5.90. The van der Waals surface area contributed by atoms with Gasteiger partial charge in [-0.3, -0.25) is 4.79 Å². The van der Waals surface area contributed by atoms with Gasteiger partial charge in [0.2, 0.25) is 0 Å². The molecule has 4 nitrogen and oxygen atoms in total. The lowest BCUT2D eigenvalue weighted by Gasteiger charge is -2.28. The van der Waals surface area contributed by atoms with Crippen molar-refractivity contribution in [2.75, 3.05) is 6.54 Å². The van der Waals surface area contributed by atoms with Crippen LogP contribution < -0.4 is 10.1 Å². The standard InChI is InChI=1S/C21H22ClNO3S/c1-20(2,26-16-10-8-15(22)9-11-16)19(24)23-13-21(3,25)18-12-14-6-4-5-7-17(14)27-18/h4-12,25H,13H2,1-3H3,(H,23,24)/t21-/m0/s1. The summed E-state index contributed by atoms with van der Waals surface area (Å²) in [5.74, 6) is 0.245. The fraction of sp³-hybridized carbons (Fsp3) is 0.286. The molecule has 2 aromatic carbocycles. The molecule has 27 heavy (non-hydrogen) atoms. The molecule has 1 heterocycles. The molecule has 0 saturated carbocycles. The van der Waals surface area contributed by atoms with Gasteiger partial charge in [0.1, 0.15) is 11.4 Å². The van der Waals surface area contributed by atoms with Gasteiger partial charge in [-0.25, -0.2) is 0 Å². The Kier molecular flexibility index (Phi) is 5.47. The van der Waals surface area contributed by atoms with Crippen molar-refractivity contribution in [1.82, 2.24) is 5.32 Å². The molecule has 0 aliphatic rings. The molecular formula is C21H22ClNO3S. The molecule has 0 unspecified atom stereocenters. The number of nitrogens with one attached hydrogen (secondary N) is 1. The van der Waals surface area contributed by atoms with Crippen LogP contribution in [0, 0.1) is 0 Å². The van der Waals surface area contributed by atoms with E-state index in [0.29, 0.717) is 10.8 Å². The minimum absolute atomic E-state index is 0.0893. The first-order chi connectivity index (χ1) is 12.7. The Hall–Kier alpha value is -2.08. The maximum absolute atomic E-state index is 12.6. The van der Waals surface area contributed by atoms with E-state index in [9.17, 15) is 9.90 Å². The summed E-state index contributed by atoms with van der Waals surface area (Å²) in [5, 5.41) is 15.3. The van der Waals surface area contributed by atoms with Crippen LogP contribution in [0.15, 0.2) is 54.6 Å². The number of ether oxygens (including phenoxy) is 1. The Morgan fingerprint density at radius 1 is 1.15 bits per heavy atom. The lowest BCUT2D eigenvalue weighted by Crippen LogP contribution is -2.50. The zero-order chi connectivity index (χ0) is 19.7. The fourth-order valence-electron chi connectivity index (χ4n) is 2.64. The Bertz CT molecular complexity index is 914. The lowest BCUT2D eigenvalue weighted by atomic mass is 10.0. The van der Waals surface area contributed by atoms with Crippen LogP contribution >= 0.6 is 22.9 Å². The smallest absolute Gasteiger partial charge is 0.263 e. The number of halogens is 1. The van der Waals surface area contributed by atoms with Gasteiger partial charge in [0.25, 0.3) is 5.91 Å². The molecule has 0 aliphatic carbocycles. The second kappa shape index (κ2) is 7.50. The van der Waals surface area contributed by atoms with Gasteiger partial charge in [0, 0.05) is 14.6 Å². The van der Waals surface area contributed by atoms with Crippen LogP contribution in [0.3, 0.4) is 0 Å². The van der Waals surface area contributed by atoms with Gasteiger partial charge in [-0.15, -0.1) is 11.3 Å². The Labute approximate surface area is 167 Å². The first-order valence-electron chi connectivity index (χ1n) is 8.62. The summed E-state index contributed by atoms with van der Waals surface area (Å²) in [4.78, 5) is 13.4. The molecule has 142 valence electrons. The average Bonchev–Trinajstić information content (AvgIpc) is 3.06. The van der Waals surface area contributed by atoms with Crippen molar-refractivity contribution in [2.45, 2.75) is 32.0 Å². The van der Waals surface area contributed by atoms with Gasteiger partial charge in [-0.2, -0.15) is 0 Å². The molecule has 0 fully saturated rings. The van der Waals surface area contributed by atoms with Crippen molar-refractivity contribution in [2.24, 2.45) is 0 Å². The highest BCUT2D eigenvalue weighted by Crippen LogP contribution is 2.33. The molecule has 1 amide bonds. The SMILES string of the molecule is CC(C)(Oc1ccc(Cl)cc1)C(=O)NC[C@](C)(O)c1cc2ccccc2s1. The van der Waals surface area contributed by atoms with Gasteiger partial charge in [-0.05, 0) is 62.6 Å². The number of benzene rings is 2. The van der Waals surface area contributed by atoms with Gasteiger partial charge in [-0.1, -0.05) is 29.8 Å². The summed E-state index contributed by atoms with van der Waals surface area (Å²) in [7, 11) is 0. The fourth-order valence-corrected chi connectivity index (χ4v) is 3.88. The number of rotatable bonds is 6.